The number of carbonyl (C=O) groups is 2. The first-order valence-corrected chi connectivity index (χ1v) is 9.96. The highest BCUT2D eigenvalue weighted by Gasteiger charge is 2.39. The van der Waals surface area contributed by atoms with Crippen LogP contribution < -0.4 is 9.77 Å². The summed E-state index contributed by atoms with van der Waals surface area (Å²) in [5.74, 6) is -6.43. The van der Waals surface area contributed by atoms with Crippen molar-refractivity contribution in [1.29, 1.82) is 0 Å². The Balaban J connectivity index is 1.95. The van der Waals surface area contributed by atoms with E-state index in [2.05, 4.69) is 4.74 Å². The number of esters is 1. The van der Waals surface area contributed by atoms with Crippen LogP contribution in [-0.4, -0.2) is 23.6 Å². The number of nitrogens with zero attached hydrogens (tertiary/aromatic N) is 2. The predicted molar refractivity (Wildman–Crippen MR) is 107 cm³/mol. The molecule has 4 rings (SSSR count). The van der Waals surface area contributed by atoms with Crippen LogP contribution in [-0.2, 0) is 20.9 Å². The minimum absolute atomic E-state index is 0.0101. The summed E-state index contributed by atoms with van der Waals surface area (Å²) in [4.78, 5) is 38.6. The lowest BCUT2D eigenvalue weighted by Crippen LogP contribution is -2.36. The van der Waals surface area contributed by atoms with Crippen molar-refractivity contribution in [3.63, 3.8) is 0 Å². The first-order chi connectivity index (χ1) is 14.8. The van der Waals surface area contributed by atoms with E-state index < -0.39 is 46.7 Å². The van der Waals surface area contributed by atoms with Crippen LogP contribution in [0.3, 0.4) is 0 Å². The number of carbonyl (C=O) groups excluding carboxylic acids is 2. The number of hydrogen-bond acceptors (Lipinski definition) is 5. The molecule has 1 aliphatic heterocycles. The lowest BCUT2D eigenvalue weighted by molar-refractivity contribution is -0.141. The van der Waals surface area contributed by atoms with Crippen molar-refractivity contribution in [2.45, 2.75) is 18.9 Å². The van der Waals surface area contributed by atoms with E-state index in [4.69, 9.17) is 0 Å². The van der Waals surface area contributed by atoms with Gasteiger partial charge >= 0.3 is 10.8 Å². The van der Waals surface area contributed by atoms with Crippen LogP contribution in [0, 0.1) is 17.5 Å². The van der Waals surface area contributed by atoms with E-state index in [-0.39, 0.29) is 17.9 Å². The first kappa shape index (κ1) is 20.9. The minimum Gasteiger partial charge on any atom is -0.468 e. The third-order valence-electron chi connectivity index (χ3n) is 4.99. The maximum absolute atomic E-state index is 13.9. The average molecular weight is 448 g/mol. The number of methoxy groups -OCH3 is 1. The highest BCUT2D eigenvalue weighted by atomic mass is 32.1. The monoisotopic (exact) mass is 448 g/mol. The van der Waals surface area contributed by atoms with Gasteiger partial charge in [-0.15, -0.1) is 0 Å². The van der Waals surface area contributed by atoms with Crippen molar-refractivity contribution >= 4 is 34.7 Å². The molecule has 1 amide bonds. The predicted octanol–water partition coefficient (Wildman–Crippen LogP) is 3.70. The van der Waals surface area contributed by atoms with Crippen molar-refractivity contribution in [2.24, 2.45) is 0 Å². The Hall–Kier alpha value is -3.40. The van der Waals surface area contributed by atoms with E-state index >= 15 is 0 Å². The second-order valence-corrected chi connectivity index (χ2v) is 7.83. The van der Waals surface area contributed by atoms with Gasteiger partial charge in [0.1, 0.15) is 12.4 Å². The summed E-state index contributed by atoms with van der Waals surface area (Å²) in [7, 11) is 1.15. The molecule has 0 N–H and O–H groups in total. The van der Waals surface area contributed by atoms with Gasteiger partial charge in [-0.3, -0.25) is 23.9 Å². The average Bonchev–Trinajstić information content (AvgIpc) is 3.07. The Morgan fingerprint density at radius 2 is 1.77 bits per heavy atom. The Bertz CT molecular complexity index is 1220. The lowest BCUT2D eigenvalue weighted by Gasteiger charge is -2.32. The fourth-order valence-electron chi connectivity index (χ4n) is 3.57. The molecule has 2 aromatic carbocycles. The van der Waals surface area contributed by atoms with Crippen molar-refractivity contribution in [3.05, 3.63) is 80.0 Å². The first-order valence-electron chi connectivity index (χ1n) is 9.14. The molecule has 1 aliphatic rings. The molecule has 1 atom stereocenters. The van der Waals surface area contributed by atoms with Gasteiger partial charge in [-0.25, -0.2) is 13.2 Å². The maximum atomic E-state index is 13.9. The number of benzene rings is 2. The number of amides is 1. The maximum Gasteiger partial charge on any atom is 0.325 e. The summed E-state index contributed by atoms with van der Waals surface area (Å²) in [6.07, 6.45) is -0.0875. The Morgan fingerprint density at radius 3 is 2.39 bits per heavy atom. The number of thiazole rings is 1. The standard InChI is InChI=1S/C21H15F3N2O4S/c1-30-17(28)10-25-20-19(31-21(25)29)13(11-5-3-2-4-6-11)9-16(27)26(20)12-7-14(22)18(24)15(23)8-12/h2-8,13H,9-10H2,1H3/t13-/m0/s1. The zero-order chi connectivity index (χ0) is 22.3. The van der Waals surface area contributed by atoms with Crippen LogP contribution in [0.15, 0.2) is 47.3 Å². The molecule has 0 unspecified atom stereocenters. The molecule has 0 aliphatic carbocycles. The summed E-state index contributed by atoms with van der Waals surface area (Å²) in [5, 5.41) is 0. The second-order valence-electron chi connectivity index (χ2n) is 6.84. The molecule has 1 aromatic heterocycles. The summed E-state index contributed by atoms with van der Waals surface area (Å²) < 4.78 is 47.0. The summed E-state index contributed by atoms with van der Waals surface area (Å²) in [6, 6.07) is 10.3. The van der Waals surface area contributed by atoms with Crippen molar-refractivity contribution in [1.82, 2.24) is 4.57 Å². The van der Waals surface area contributed by atoms with Gasteiger partial charge in [0.15, 0.2) is 17.5 Å². The summed E-state index contributed by atoms with van der Waals surface area (Å²) >= 11 is 0.828. The third-order valence-corrected chi connectivity index (χ3v) is 6.08. The summed E-state index contributed by atoms with van der Waals surface area (Å²) in [5.41, 5.74) is 0.477. The van der Waals surface area contributed by atoms with Crippen molar-refractivity contribution in [2.75, 3.05) is 12.0 Å². The van der Waals surface area contributed by atoms with E-state index in [1.54, 1.807) is 30.3 Å². The van der Waals surface area contributed by atoms with Crippen LogP contribution in [0.1, 0.15) is 22.8 Å². The van der Waals surface area contributed by atoms with Gasteiger partial charge in [0, 0.05) is 24.5 Å². The number of hydrogen-bond donors (Lipinski definition) is 0. The number of rotatable bonds is 4. The van der Waals surface area contributed by atoms with Crippen molar-refractivity contribution in [3.8, 4) is 0 Å². The van der Waals surface area contributed by atoms with Gasteiger partial charge in [0.05, 0.1) is 17.7 Å². The fraction of sp³-hybridized carbons (Fsp3) is 0.190. The van der Waals surface area contributed by atoms with Gasteiger partial charge in [-0.05, 0) is 5.56 Å². The highest BCUT2D eigenvalue weighted by molar-refractivity contribution is 7.10. The number of anilines is 2. The van der Waals surface area contributed by atoms with Gasteiger partial charge in [0.25, 0.3) is 0 Å². The Kier molecular flexibility index (Phi) is 5.40. The number of ether oxygens (including phenoxy) is 1. The number of aromatic nitrogens is 1. The van der Waals surface area contributed by atoms with Gasteiger partial charge in [-0.2, -0.15) is 0 Å². The molecule has 160 valence electrons. The Morgan fingerprint density at radius 1 is 1.13 bits per heavy atom. The molecular formula is C21H15F3N2O4S. The molecule has 0 radical (unpaired) electrons. The summed E-state index contributed by atoms with van der Waals surface area (Å²) in [6.45, 7) is -0.501. The third kappa shape index (κ3) is 3.63. The van der Waals surface area contributed by atoms with Crippen LogP contribution in [0.2, 0.25) is 0 Å². The van der Waals surface area contributed by atoms with Crippen LogP contribution >= 0.6 is 11.3 Å². The van der Waals surface area contributed by atoms with E-state index in [0.717, 1.165) is 33.5 Å². The topological polar surface area (TPSA) is 68.6 Å². The molecule has 3 aromatic rings. The van der Waals surface area contributed by atoms with Gasteiger partial charge in [-0.1, -0.05) is 41.7 Å². The largest absolute Gasteiger partial charge is 0.468 e. The molecule has 0 fully saturated rings. The number of fused-ring (bicyclic) bond motifs is 1. The molecule has 31 heavy (non-hydrogen) atoms. The molecule has 10 heteroatoms. The zero-order valence-electron chi connectivity index (χ0n) is 16.1. The SMILES string of the molecule is COC(=O)Cn1c2c(sc1=O)[C@H](c1ccccc1)CC(=O)N2c1cc(F)c(F)c(F)c1. The van der Waals surface area contributed by atoms with E-state index in [1.165, 1.54) is 0 Å². The Labute approximate surface area is 178 Å². The van der Waals surface area contributed by atoms with Crippen LogP contribution in [0.25, 0.3) is 0 Å². The van der Waals surface area contributed by atoms with E-state index in [1.807, 2.05) is 0 Å². The van der Waals surface area contributed by atoms with Gasteiger partial charge < -0.3 is 4.74 Å². The molecule has 0 bridgehead atoms. The molecule has 2 heterocycles. The van der Waals surface area contributed by atoms with Crippen LogP contribution in [0.4, 0.5) is 24.7 Å². The van der Waals surface area contributed by atoms with Gasteiger partial charge in [0.2, 0.25) is 5.91 Å². The lowest BCUT2D eigenvalue weighted by atomic mass is 9.90. The second kappa shape index (κ2) is 8.03. The zero-order valence-corrected chi connectivity index (χ0v) is 16.9. The molecule has 0 saturated carbocycles. The molecule has 0 spiro atoms. The fourth-order valence-corrected chi connectivity index (χ4v) is 4.68. The molecule has 0 saturated heterocycles. The van der Waals surface area contributed by atoms with Crippen molar-refractivity contribution < 1.29 is 27.5 Å². The number of halogens is 3. The van der Waals surface area contributed by atoms with E-state index in [0.29, 0.717) is 17.0 Å². The molecule has 6 nitrogen and oxygen atoms in total. The molecular weight excluding hydrogens is 433 g/mol. The highest BCUT2D eigenvalue weighted by Crippen LogP contribution is 2.45. The van der Waals surface area contributed by atoms with Crippen LogP contribution in [0.5, 0.6) is 0 Å². The quantitative estimate of drug-likeness (QED) is 0.451. The normalized spacial score (nSPS) is 15.7. The minimum atomic E-state index is -1.67. The van der Waals surface area contributed by atoms with E-state index in [9.17, 15) is 27.6 Å². The smallest absolute Gasteiger partial charge is 0.325 e.